The maximum Gasteiger partial charge on any atom is 0.191 e. The molecular formula is C15H30IN3O. The molecule has 0 radical (unpaired) electrons. The molecule has 2 aliphatic rings. The standard InChI is InChI=1S/C15H29N3O.HI/c1-14(2)12(11-15(14,3)19-4)17-13(16)18-9-7-5-6-8-10-18;/h12H,5-11H2,1-4H3,(H2,16,17);1H. The summed E-state index contributed by atoms with van der Waals surface area (Å²) in [4.78, 5) is 7.04. The first-order valence-corrected chi connectivity index (χ1v) is 7.54. The molecule has 118 valence electrons. The van der Waals surface area contributed by atoms with E-state index < -0.39 is 0 Å². The molecular weight excluding hydrogens is 365 g/mol. The zero-order chi connectivity index (χ0) is 14.1. The number of hydrogen-bond donors (Lipinski definition) is 1. The van der Waals surface area contributed by atoms with E-state index >= 15 is 0 Å². The maximum atomic E-state index is 6.21. The summed E-state index contributed by atoms with van der Waals surface area (Å²) in [5.74, 6) is 0.734. The van der Waals surface area contributed by atoms with Crippen molar-refractivity contribution in [3.63, 3.8) is 0 Å². The minimum Gasteiger partial charge on any atom is -0.378 e. The fourth-order valence-electron chi connectivity index (χ4n) is 3.20. The maximum absolute atomic E-state index is 6.21. The predicted molar refractivity (Wildman–Crippen MR) is 94.7 cm³/mol. The van der Waals surface area contributed by atoms with Crippen molar-refractivity contribution in [1.82, 2.24) is 4.90 Å². The molecule has 0 aromatic heterocycles. The van der Waals surface area contributed by atoms with E-state index in [9.17, 15) is 0 Å². The van der Waals surface area contributed by atoms with Crippen LogP contribution >= 0.6 is 24.0 Å². The number of hydrogen-bond acceptors (Lipinski definition) is 2. The van der Waals surface area contributed by atoms with E-state index in [-0.39, 0.29) is 41.0 Å². The van der Waals surface area contributed by atoms with E-state index in [1.165, 1.54) is 25.7 Å². The Balaban J connectivity index is 0.00000200. The highest BCUT2D eigenvalue weighted by Crippen LogP contribution is 2.53. The van der Waals surface area contributed by atoms with Crippen molar-refractivity contribution in [2.75, 3.05) is 20.2 Å². The zero-order valence-corrected chi connectivity index (χ0v) is 15.6. The first-order valence-electron chi connectivity index (χ1n) is 7.54. The summed E-state index contributed by atoms with van der Waals surface area (Å²) >= 11 is 0. The second-order valence-corrected chi connectivity index (χ2v) is 6.77. The average molecular weight is 395 g/mol. The monoisotopic (exact) mass is 395 g/mol. The Bertz CT molecular complexity index is 351. The Labute approximate surface area is 140 Å². The predicted octanol–water partition coefficient (Wildman–Crippen LogP) is 3.00. The molecule has 1 aliphatic carbocycles. The number of halogens is 1. The van der Waals surface area contributed by atoms with Crippen LogP contribution in [0.5, 0.6) is 0 Å². The molecule has 1 saturated carbocycles. The van der Waals surface area contributed by atoms with Crippen LogP contribution in [0, 0.1) is 5.41 Å². The minimum atomic E-state index is -0.0692. The number of nitrogens with zero attached hydrogens (tertiary/aromatic N) is 2. The quantitative estimate of drug-likeness (QED) is 0.444. The zero-order valence-electron chi connectivity index (χ0n) is 13.3. The van der Waals surface area contributed by atoms with E-state index in [0.717, 1.165) is 25.5 Å². The van der Waals surface area contributed by atoms with Crippen molar-refractivity contribution in [2.24, 2.45) is 16.1 Å². The Morgan fingerprint density at radius 1 is 1.15 bits per heavy atom. The molecule has 0 spiro atoms. The molecule has 1 aliphatic heterocycles. The van der Waals surface area contributed by atoms with Gasteiger partial charge < -0.3 is 15.4 Å². The van der Waals surface area contributed by atoms with Crippen molar-refractivity contribution in [3.05, 3.63) is 0 Å². The molecule has 5 heteroatoms. The molecule has 2 rings (SSSR count). The molecule has 0 amide bonds. The fourth-order valence-corrected chi connectivity index (χ4v) is 3.20. The minimum absolute atomic E-state index is 0. The van der Waals surface area contributed by atoms with Crippen LogP contribution in [-0.2, 0) is 4.74 Å². The summed E-state index contributed by atoms with van der Waals surface area (Å²) in [6, 6.07) is 0.278. The van der Waals surface area contributed by atoms with Crippen molar-refractivity contribution < 1.29 is 4.74 Å². The number of methoxy groups -OCH3 is 1. The van der Waals surface area contributed by atoms with Crippen LogP contribution in [0.4, 0.5) is 0 Å². The normalized spacial score (nSPS) is 33.9. The van der Waals surface area contributed by atoms with Gasteiger partial charge in [-0.1, -0.05) is 26.7 Å². The number of nitrogens with two attached hydrogens (primary N) is 1. The molecule has 1 heterocycles. The lowest BCUT2D eigenvalue weighted by molar-refractivity contribution is -0.171. The van der Waals surface area contributed by atoms with E-state index in [2.05, 4.69) is 25.7 Å². The van der Waals surface area contributed by atoms with Gasteiger partial charge in [-0.15, -0.1) is 24.0 Å². The van der Waals surface area contributed by atoms with Crippen LogP contribution < -0.4 is 5.73 Å². The van der Waals surface area contributed by atoms with Crippen molar-refractivity contribution in [1.29, 1.82) is 0 Å². The molecule has 0 aromatic carbocycles. The van der Waals surface area contributed by atoms with Gasteiger partial charge in [0, 0.05) is 25.6 Å². The highest BCUT2D eigenvalue weighted by atomic mass is 127. The second-order valence-electron chi connectivity index (χ2n) is 6.77. The van der Waals surface area contributed by atoms with Gasteiger partial charge in [-0.2, -0.15) is 0 Å². The molecule has 2 N–H and O–H groups in total. The Morgan fingerprint density at radius 3 is 2.15 bits per heavy atom. The lowest BCUT2D eigenvalue weighted by Crippen LogP contribution is -2.63. The molecule has 0 aromatic rings. The number of rotatable bonds is 2. The molecule has 2 unspecified atom stereocenters. The molecule has 2 atom stereocenters. The third kappa shape index (κ3) is 3.24. The van der Waals surface area contributed by atoms with Gasteiger partial charge in [0.2, 0.25) is 0 Å². The van der Waals surface area contributed by atoms with Crippen LogP contribution in [0.15, 0.2) is 4.99 Å². The largest absolute Gasteiger partial charge is 0.378 e. The van der Waals surface area contributed by atoms with Crippen molar-refractivity contribution in [2.45, 2.75) is 64.5 Å². The summed E-state index contributed by atoms with van der Waals surface area (Å²) in [7, 11) is 1.79. The Morgan fingerprint density at radius 2 is 1.70 bits per heavy atom. The van der Waals surface area contributed by atoms with Gasteiger partial charge in [0.05, 0.1) is 11.6 Å². The number of ether oxygens (including phenoxy) is 1. The van der Waals surface area contributed by atoms with Gasteiger partial charge in [-0.05, 0) is 26.2 Å². The van der Waals surface area contributed by atoms with E-state index in [1.807, 2.05) is 0 Å². The second kappa shape index (κ2) is 6.81. The van der Waals surface area contributed by atoms with E-state index in [0.29, 0.717) is 0 Å². The number of guanidine groups is 1. The van der Waals surface area contributed by atoms with Crippen LogP contribution in [0.3, 0.4) is 0 Å². The third-order valence-corrected chi connectivity index (χ3v) is 5.45. The van der Waals surface area contributed by atoms with Gasteiger partial charge in [0.1, 0.15) is 0 Å². The summed E-state index contributed by atoms with van der Waals surface area (Å²) in [5.41, 5.74) is 6.20. The summed E-state index contributed by atoms with van der Waals surface area (Å²) in [6.45, 7) is 8.74. The van der Waals surface area contributed by atoms with Gasteiger partial charge in [0.25, 0.3) is 0 Å². The molecule has 20 heavy (non-hydrogen) atoms. The van der Waals surface area contributed by atoms with E-state index in [1.54, 1.807) is 7.11 Å². The lowest BCUT2D eigenvalue weighted by Gasteiger charge is -2.57. The van der Waals surface area contributed by atoms with E-state index in [4.69, 9.17) is 15.5 Å². The lowest BCUT2D eigenvalue weighted by atomic mass is 9.56. The Kier molecular flexibility index (Phi) is 6.14. The smallest absolute Gasteiger partial charge is 0.191 e. The third-order valence-electron chi connectivity index (χ3n) is 5.45. The van der Waals surface area contributed by atoms with Gasteiger partial charge in [-0.3, -0.25) is 0 Å². The topological polar surface area (TPSA) is 50.9 Å². The van der Waals surface area contributed by atoms with Gasteiger partial charge >= 0.3 is 0 Å². The van der Waals surface area contributed by atoms with Crippen LogP contribution in [0.25, 0.3) is 0 Å². The number of aliphatic imine (C=N–C) groups is 1. The van der Waals surface area contributed by atoms with Crippen LogP contribution in [-0.4, -0.2) is 42.7 Å². The molecule has 0 bridgehead atoms. The fraction of sp³-hybridized carbons (Fsp3) is 0.933. The summed E-state index contributed by atoms with van der Waals surface area (Å²) < 4.78 is 5.64. The summed E-state index contributed by atoms with van der Waals surface area (Å²) in [5, 5.41) is 0. The van der Waals surface area contributed by atoms with Gasteiger partial charge in [0.15, 0.2) is 5.96 Å². The first-order chi connectivity index (χ1) is 8.90. The van der Waals surface area contributed by atoms with Crippen LogP contribution in [0.1, 0.15) is 52.9 Å². The number of likely N-dealkylation sites (tertiary alicyclic amines) is 1. The van der Waals surface area contributed by atoms with Crippen LogP contribution in [0.2, 0.25) is 0 Å². The van der Waals surface area contributed by atoms with Gasteiger partial charge in [-0.25, -0.2) is 4.99 Å². The highest BCUT2D eigenvalue weighted by Gasteiger charge is 2.58. The highest BCUT2D eigenvalue weighted by molar-refractivity contribution is 14.0. The Hall–Kier alpha value is -0.0400. The molecule has 2 fully saturated rings. The summed E-state index contributed by atoms with van der Waals surface area (Å²) in [6.07, 6.45) is 6.08. The first kappa shape index (κ1) is 18.0. The SMILES string of the molecule is COC1(C)CC(N=C(N)N2CCCCCC2)C1(C)C.I. The molecule has 1 saturated heterocycles. The van der Waals surface area contributed by atoms with Crippen molar-refractivity contribution >= 4 is 29.9 Å². The van der Waals surface area contributed by atoms with Crippen molar-refractivity contribution in [3.8, 4) is 0 Å². The molecule has 4 nitrogen and oxygen atoms in total. The average Bonchev–Trinajstić information content (AvgIpc) is 2.66.